The van der Waals surface area contributed by atoms with Crippen LogP contribution >= 0.6 is 0 Å². The Labute approximate surface area is 192 Å². The Hall–Kier alpha value is -3.32. The van der Waals surface area contributed by atoms with Crippen molar-refractivity contribution in [2.24, 2.45) is 18.0 Å². The van der Waals surface area contributed by atoms with Crippen molar-refractivity contribution in [2.45, 2.75) is 24.8 Å². The van der Waals surface area contributed by atoms with E-state index < -0.39 is 5.54 Å². The van der Waals surface area contributed by atoms with Crippen LogP contribution in [0.4, 0.5) is 4.39 Å². The first-order chi connectivity index (χ1) is 16.0. The van der Waals surface area contributed by atoms with Gasteiger partial charge in [-0.1, -0.05) is 30.3 Å². The van der Waals surface area contributed by atoms with E-state index in [0.717, 1.165) is 54.6 Å². The van der Waals surface area contributed by atoms with Gasteiger partial charge in [0.25, 0.3) is 5.91 Å². The molecule has 7 heteroatoms. The lowest BCUT2D eigenvalue weighted by molar-refractivity contribution is -0.128. The first kappa shape index (κ1) is 20.3. The van der Waals surface area contributed by atoms with E-state index in [-0.39, 0.29) is 11.7 Å². The SMILES string of the molecule is Cn1cc(-c2ccc(-c3ccc(C4=NC5(CC5)C(=O)N4C[C@@H]4CCNC4)c(F)c3)cc2)cn1. The highest BCUT2D eigenvalue weighted by molar-refractivity contribution is 6.16. The van der Waals surface area contributed by atoms with Crippen molar-refractivity contribution in [1.82, 2.24) is 20.0 Å². The molecule has 168 valence electrons. The van der Waals surface area contributed by atoms with Gasteiger partial charge in [-0.25, -0.2) is 4.39 Å². The number of rotatable bonds is 5. The number of amidine groups is 1. The van der Waals surface area contributed by atoms with E-state index in [2.05, 4.69) is 10.4 Å². The number of carbonyl (C=O) groups excluding carboxylic acids is 1. The minimum Gasteiger partial charge on any atom is -0.316 e. The lowest BCUT2D eigenvalue weighted by Gasteiger charge is -2.23. The van der Waals surface area contributed by atoms with E-state index >= 15 is 4.39 Å². The Kier molecular flexibility index (Phi) is 4.69. The number of nitrogens with zero attached hydrogens (tertiary/aromatic N) is 4. The predicted octanol–water partition coefficient (Wildman–Crippen LogP) is 3.62. The highest BCUT2D eigenvalue weighted by Crippen LogP contribution is 2.46. The molecule has 3 heterocycles. The van der Waals surface area contributed by atoms with E-state index in [4.69, 9.17) is 4.99 Å². The second kappa shape index (κ2) is 7.63. The lowest BCUT2D eigenvalue weighted by Crippen LogP contribution is -2.40. The Morgan fingerprint density at radius 1 is 1.09 bits per heavy atom. The first-order valence-electron chi connectivity index (χ1n) is 11.5. The number of carbonyl (C=O) groups is 1. The Morgan fingerprint density at radius 3 is 2.42 bits per heavy atom. The maximum absolute atomic E-state index is 15.4. The quantitative estimate of drug-likeness (QED) is 0.655. The van der Waals surface area contributed by atoms with Gasteiger partial charge in [-0.05, 0) is 67.1 Å². The number of hydrogen-bond donors (Lipinski definition) is 1. The van der Waals surface area contributed by atoms with Crippen LogP contribution in [-0.4, -0.2) is 51.6 Å². The van der Waals surface area contributed by atoms with Gasteiger partial charge in [0.15, 0.2) is 0 Å². The number of halogens is 1. The fraction of sp³-hybridized carbons (Fsp3) is 0.346. The normalized spacial score (nSPS) is 21.2. The van der Waals surface area contributed by atoms with Gasteiger partial charge in [-0.3, -0.25) is 19.4 Å². The molecule has 1 aromatic heterocycles. The minimum absolute atomic E-state index is 0.0406. The van der Waals surface area contributed by atoms with Crippen LogP contribution in [0.5, 0.6) is 0 Å². The van der Waals surface area contributed by atoms with E-state index in [0.29, 0.717) is 23.9 Å². The van der Waals surface area contributed by atoms with Gasteiger partial charge in [-0.2, -0.15) is 5.10 Å². The van der Waals surface area contributed by atoms with Crippen LogP contribution in [-0.2, 0) is 11.8 Å². The highest BCUT2D eigenvalue weighted by atomic mass is 19.1. The topological polar surface area (TPSA) is 62.5 Å². The van der Waals surface area contributed by atoms with Crippen LogP contribution in [0.3, 0.4) is 0 Å². The summed E-state index contributed by atoms with van der Waals surface area (Å²) in [5, 5.41) is 7.56. The fourth-order valence-electron chi connectivity index (χ4n) is 4.91. The van der Waals surface area contributed by atoms with E-state index in [1.54, 1.807) is 21.7 Å². The summed E-state index contributed by atoms with van der Waals surface area (Å²) in [6, 6.07) is 13.3. The summed E-state index contributed by atoms with van der Waals surface area (Å²) < 4.78 is 17.1. The second-order valence-electron chi connectivity index (χ2n) is 9.42. The van der Waals surface area contributed by atoms with Gasteiger partial charge in [-0.15, -0.1) is 0 Å². The summed E-state index contributed by atoms with van der Waals surface area (Å²) in [7, 11) is 1.89. The van der Waals surface area contributed by atoms with Crippen molar-refractivity contribution in [3.8, 4) is 22.3 Å². The summed E-state index contributed by atoms with van der Waals surface area (Å²) in [5.74, 6) is 0.579. The third-order valence-electron chi connectivity index (χ3n) is 7.01. The van der Waals surface area contributed by atoms with Crippen LogP contribution in [0.15, 0.2) is 59.9 Å². The Bertz CT molecular complexity index is 1250. The van der Waals surface area contributed by atoms with Crippen molar-refractivity contribution in [2.75, 3.05) is 19.6 Å². The van der Waals surface area contributed by atoms with Gasteiger partial charge < -0.3 is 5.32 Å². The number of aliphatic imine (C=N–C) groups is 1. The third-order valence-corrected chi connectivity index (χ3v) is 7.01. The summed E-state index contributed by atoms with van der Waals surface area (Å²) >= 11 is 0. The standard InChI is InChI=1S/C26H26FN5O/c1-31-16-21(14-29-31)19-4-2-18(3-5-19)20-6-7-22(23(27)12-20)24-30-26(9-10-26)25(33)32(24)15-17-8-11-28-13-17/h2-7,12,14,16-17,28H,8-11,13,15H2,1H3/t17-/m1/s1. The number of aromatic nitrogens is 2. The average molecular weight is 444 g/mol. The largest absolute Gasteiger partial charge is 0.316 e. The van der Waals surface area contributed by atoms with Gasteiger partial charge >= 0.3 is 0 Å². The van der Waals surface area contributed by atoms with Crippen LogP contribution in [0, 0.1) is 11.7 Å². The highest BCUT2D eigenvalue weighted by Gasteiger charge is 2.57. The molecule has 1 N–H and O–H groups in total. The number of aryl methyl sites for hydroxylation is 1. The summed E-state index contributed by atoms with van der Waals surface area (Å²) in [6.07, 6.45) is 6.34. The molecule has 1 saturated carbocycles. The van der Waals surface area contributed by atoms with Crippen molar-refractivity contribution in [3.05, 3.63) is 66.2 Å². The monoisotopic (exact) mass is 443 g/mol. The van der Waals surface area contributed by atoms with Gasteiger partial charge in [0.1, 0.15) is 17.2 Å². The zero-order valence-corrected chi connectivity index (χ0v) is 18.6. The van der Waals surface area contributed by atoms with Crippen LogP contribution in [0.1, 0.15) is 24.8 Å². The maximum atomic E-state index is 15.4. The number of hydrogen-bond acceptors (Lipinski definition) is 4. The Balaban J connectivity index is 1.28. The van der Waals surface area contributed by atoms with Crippen LogP contribution in [0.2, 0.25) is 0 Å². The molecular weight excluding hydrogens is 417 g/mol. The maximum Gasteiger partial charge on any atom is 0.256 e. The molecule has 3 aliphatic rings. The average Bonchev–Trinajstić information content (AvgIpc) is 3.11. The molecule has 1 atom stereocenters. The summed E-state index contributed by atoms with van der Waals surface area (Å²) in [5.41, 5.74) is 3.62. The van der Waals surface area contributed by atoms with E-state index in [1.807, 2.05) is 49.8 Å². The predicted molar refractivity (Wildman–Crippen MR) is 125 cm³/mol. The minimum atomic E-state index is -0.630. The van der Waals surface area contributed by atoms with E-state index in [1.165, 1.54) is 0 Å². The van der Waals surface area contributed by atoms with Gasteiger partial charge in [0.2, 0.25) is 0 Å². The number of nitrogens with one attached hydrogen (secondary N) is 1. The Morgan fingerprint density at radius 2 is 1.82 bits per heavy atom. The molecule has 0 bridgehead atoms. The van der Waals surface area contributed by atoms with Gasteiger partial charge in [0, 0.05) is 25.4 Å². The molecule has 2 aromatic carbocycles. The van der Waals surface area contributed by atoms with Crippen molar-refractivity contribution < 1.29 is 9.18 Å². The molecule has 0 unspecified atom stereocenters. The van der Waals surface area contributed by atoms with Crippen LogP contribution in [0.25, 0.3) is 22.3 Å². The molecular formula is C26H26FN5O. The lowest BCUT2D eigenvalue weighted by atomic mass is 10.00. The van der Waals surface area contributed by atoms with Gasteiger partial charge in [0.05, 0.1) is 11.8 Å². The smallest absolute Gasteiger partial charge is 0.256 e. The summed E-state index contributed by atoms with van der Waals surface area (Å²) in [6.45, 7) is 2.46. The molecule has 1 spiro atoms. The van der Waals surface area contributed by atoms with Crippen molar-refractivity contribution in [1.29, 1.82) is 0 Å². The molecule has 1 amide bonds. The molecule has 0 radical (unpaired) electrons. The molecule has 3 aromatic rings. The molecule has 1 saturated heterocycles. The zero-order chi connectivity index (χ0) is 22.6. The van der Waals surface area contributed by atoms with Crippen molar-refractivity contribution >= 4 is 11.7 Å². The van der Waals surface area contributed by atoms with Crippen LogP contribution < -0.4 is 5.32 Å². The molecule has 1 aliphatic carbocycles. The molecule has 6 rings (SSSR count). The number of amides is 1. The fourth-order valence-corrected chi connectivity index (χ4v) is 4.91. The molecule has 33 heavy (non-hydrogen) atoms. The third kappa shape index (κ3) is 3.56. The van der Waals surface area contributed by atoms with Crippen molar-refractivity contribution in [3.63, 3.8) is 0 Å². The zero-order valence-electron chi connectivity index (χ0n) is 18.6. The van der Waals surface area contributed by atoms with E-state index in [9.17, 15) is 4.79 Å². The first-order valence-corrected chi connectivity index (χ1v) is 11.5. The number of benzene rings is 2. The molecule has 2 fully saturated rings. The molecule has 6 nitrogen and oxygen atoms in total. The second-order valence-corrected chi connectivity index (χ2v) is 9.42. The summed E-state index contributed by atoms with van der Waals surface area (Å²) in [4.78, 5) is 19.6. The molecule has 2 aliphatic heterocycles.